The molecule has 0 spiro atoms. The third-order valence-electron chi connectivity index (χ3n) is 4.40. The zero-order valence-electron chi connectivity index (χ0n) is 15.0. The van der Waals surface area contributed by atoms with Gasteiger partial charge in [-0.25, -0.2) is 0 Å². The minimum Gasteiger partial charge on any atom is -0.494 e. The van der Waals surface area contributed by atoms with Crippen molar-refractivity contribution >= 4 is 5.91 Å². The number of nitrogens with two attached hydrogens (primary N) is 1. The minimum absolute atomic E-state index is 0.113. The average Bonchev–Trinajstić information content (AvgIpc) is 2.60. The van der Waals surface area contributed by atoms with Crippen molar-refractivity contribution in [1.82, 2.24) is 9.80 Å². The molecule has 1 aromatic rings. The summed E-state index contributed by atoms with van der Waals surface area (Å²) in [5.41, 5.74) is 6.29. The highest BCUT2D eigenvalue weighted by Gasteiger charge is 2.21. The van der Waals surface area contributed by atoms with Crippen LogP contribution in [0.4, 0.5) is 0 Å². The van der Waals surface area contributed by atoms with E-state index in [4.69, 9.17) is 10.5 Å². The molecule has 0 saturated carbocycles. The van der Waals surface area contributed by atoms with Gasteiger partial charge in [-0.2, -0.15) is 0 Å². The topological polar surface area (TPSA) is 58.8 Å². The van der Waals surface area contributed by atoms with Gasteiger partial charge in [-0.05, 0) is 56.1 Å². The number of piperazine rings is 1. The molecule has 1 fully saturated rings. The lowest BCUT2D eigenvalue weighted by Crippen LogP contribution is -2.49. The van der Waals surface area contributed by atoms with E-state index in [1.54, 1.807) is 0 Å². The lowest BCUT2D eigenvalue weighted by molar-refractivity contribution is 0.0636. The van der Waals surface area contributed by atoms with Gasteiger partial charge in [0.05, 0.1) is 6.61 Å². The predicted molar refractivity (Wildman–Crippen MR) is 97.4 cm³/mol. The van der Waals surface area contributed by atoms with Gasteiger partial charge in [-0.3, -0.25) is 9.69 Å². The Bertz CT molecular complexity index is 494. The Kier molecular flexibility index (Phi) is 7.53. The summed E-state index contributed by atoms with van der Waals surface area (Å²) in [6.45, 7) is 10.3. The highest BCUT2D eigenvalue weighted by Crippen LogP contribution is 2.16. The fourth-order valence-corrected chi connectivity index (χ4v) is 2.78. The maximum Gasteiger partial charge on any atom is 0.253 e. The van der Waals surface area contributed by atoms with Crippen molar-refractivity contribution in [2.75, 3.05) is 45.9 Å². The molecule has 2 N–H and O–H groups in total. The van der Waals surface area contributed by atoms with E-state index in [1.807, 2.05) is 29.2 Å². The molecule has 1 saturated heterocycles. The molecular formula is C19H31N3O2. The first-order valence-corrected chi connectivity index (χ1v) is 9.04. The molecule has 24 heavy (non-hydrogen) atoms. The monoisotopic (exact) mass is 333 g/mol. The zero-order chi connectivity index (χ0) is 17.4. The summed E-state index contributed by atoms with van der Waals surface area (Å²) in [6.07, 6.45) is 2.06. The molecule has 1 aromatic carbocycles. The molecule has 5 nitrogen and oxygen atoms in total. The summed E-state index contributed by atoms with van der Waals surface area (Å²) >= 11 is 0. The van der Waals surface area contributed by atoms with Crippen molar-refractivity contribution in [3.8, 4) is 5.75 Å². The van der Waals surface area contributed by atoms with Gasteiger partial charge in [-0.15, -0.1) is 0 Å². The quantitative estimate of drug-likeness (QED) is 0.792. The number of ether oxygens (including phenoxy) is 1. The van der Waals surface area contributed by atoms with Crippen molar-refractivity contribution in [3.63, 3.8) is 0 Å². The highest BCUT2D eigenvalue weighted by molar-refractivity contribution is 5.94. The van der Waals surface area contributed by atoms with E-state index in [2.05, 4.69) is 18.7 Å². The van der Waals surface area contributed by atoms with Gasteiger partial charge in [0.2, 0.25) is 0 Å². The lowest BCUT2D eigenvalue weighted by Gasteiger charge is -2.34. The maximum absolute atomic E-state index is 12.6. The van der Waals surface area contributed by atoms with Crippen LogP contribution in [0.15, 0.2) is 24.3 Å². The first kappa shape index (κ1) is 18.7. The number of carbonyl (C=O) groups excluding carboxylic acids is 1. The minimum atomic E-state index is 0.113. The molecule has 1 aliphatic heterocycles. The van der Waals surface area contributed by atoms with Crippen LogP contribution in [0.1, 0.15) is 37.0 Å². The van der Waals surface area contributed by atoms with Gasteiger partial charge >= 0.3 is 0 Å². The van der Waals surface area contributed by atoms with Crippen LogP contribution in [-0.4, -0.2) is 61.6 Å². The van der Waals surface area contributed by atoms with Crippen molar-refractivity contribution in [2.24, 2.45) is 11.7 Å². The summed E-state index contributed by atoms with van der Waals surface area (Å²) < 4.78 is 5.71. The second kappa shape index (κ2) is 9.64. The number of hydrogen-bond acceptors (Lipinski definition) is 4. The van der Waals surface area contributed by atoms with Crippen LogP contribution < -0.4 is 10.5 Å². The molecule has 134 valence electrons. The van der Waals surface area contributed by atoms with Gasteiger partial charge in [0.25, 0.3) is 5.91 Å². The van der Waals surface area contributed by atoms with Gasteiger partial charge in [0.15, 0.2) is 0 Å². The largest absolute Gasteiger partial charge is 0.494 e. The van der Waals surface area contributed by atoms with Gasteiger partial charge in [0, 0.05) is 31.7 Å². The van der Waals surface area contributed by atoms with Crippen molar-refractivity contribution in [2.45, 2.75) is 26.7 Å². The molecule has 0 aromatic heterocycles. The molecule has 5 heteroatoms. The van der Waals surface area contributed by atoms with E-state index in [0.29, 0.717) is 5.92 Å². The van der Waals surface area contributed by atoms with Crippen LogP contribution in [0.5, 0.6) is 5.75 Å². The number of rotatable bonds is 8. The molecule has 0 radical (unpaired) electrons. The lowest BCUT2D eigenvalue weighted by atomic mass is 10.1. The van der Waals surface area contributed by atoms with Crippen LogP contribution in [0.2, 0.25) is 0 Å². The summed E-state index contributed by atoms with van der Waals surface area (Å²) in [7, 11) is 0. The average molecular weight is 333 g/mol. The van der Waals surface area contributed by atoms with Crippen molar-refractivity contribution < 1.29 is 9.53 Å². The summed E-state index contributed by atoms with van der Waals surface area (Å²) in [6, 6.07) is 7.53. The Labute approximate surface area is 145 Å². The fourth-order valence-electron chi connectivity index (χ4n) is 2.78. The number of carbonyl (C=O) groups is 1. The van der Waals surface area contributed by atoms with E-state index in [-0.39, 0.29) is 5.91 Å². The highest BCUT2D eigenvalue weighted by atomic mass is 16.5. The SMILES string of the molecule is CC(C)CCOc1ccc(C(=O)N2CCN(CCCN)CC2)cc1. The predicted octanol–water partition coefficient (Wildman–Crippen LogP) is 2.22. The molecule has 0 aliphatic carbocycles. The Hall–Kier alpha value is -1.59. The molecule has 1 amide bonds. The molecule has 1 heterocycles. The van der Waals surface area contributed by atoms with E-state index >= 15 is 0 Å². The summed E-state index contributed by atoms with van der Waals surface area (Å²) in [4.78, 5) is 16.9. The number of amides is 1. The molecule has 2 rings (SSSR count). The Morgan fingerprint density at radius 2 is 1.83 bits per heavy atom. The molecular weight excluding hydrogens is 302 g/mol. The second-order valence-electron chi connectivity index (χ2n) is 6.83. The molecule has 0 bridgehead atoms. The number of benzene rings is 1. The van der Waals surface area contributed by atoms with Crippen LogP contribution in [0.25, 0.3) is 0 Å². The first-order valence-electron chi connectivity index (χ1n) is 9.04. The van der Waals surface area contributed by atoms with Crippen LogP contribution >= 0.6 is 0 Å². The van der Waals surface area contributed by atoms with Crippen LogP contribution in [-0.2, 0) is 0 Å². The summed E-state index contributed by atoms with van der Waals surface area (Å²) in [5.74, 6) is 1.58. The van der Waals surface area contributed by atoms with Crippen molar-refractivity contribution in [3.05, 3.63) is 29.8 Å². The zero-order valence-corrected chi connectivity index (χ0v) is 15.0. The molecule has 1 aliphatic rings. The molecule has 0 unspecified atom stereocenters. The fraction of sp³-hybridized carbons (Fsp3) is 0.632. The van der Waals surface area contributed by atoms with Gasteiger partial charge in [-0.1, -0.05) is 13.8 Å². The van der Waals surface area contributed by atoms with E-state index in [1.165, 1.54) is 0 Å². The summed E-state index contributed by atoms with van der Waals surface area (Å²) in [5, 5.41) is 0. The standard InChI is InChI=1S/C19H31N3O2/c1-16(2)8-15-24-18-6-4-17(5-7-18)19(23)22-13-11-21(12-14-22)10-3-9-20/h4-7,16H,3,8-15,20H2,1-2H3. The normalized spacial score (nSPS) is 15.8. The number of hydrogen-bond donors (Lipinski definition) is 1. The van der Waals surface area contributed by atoms with Gasteiger partial charge < -0.3 is 15.4 Å². The Morgan fingerprint density at radius 3 is 2.42 bits per heavy atom. The number of nitrogens with zero attached hydrogens (tertiary/aromatic N) is 2. The first-order chi connectivity index (χ1) is 11.6. The smallest absolute Gasteiger partial charge is 0.253 e. The third-order valence-corrected chi connectivity index (χ3v) is 4.40. The molecule has 0 atom stereocenters. The van der Waals surface area contributed by atoms with E-state index in [9.17, 15) is 4.79 Å². The van der Waals surface area contributed by atoms with Gasteiger partial charge in [0.1, 0.15) is 5.75 Å². The Morgan fingerprint density at radius 1 is 1.17 bits per heavy atom. The second-order valence-corrected chi connectivity index (χ2v) is 6.83. The van der Waals surface area contributed by atoms with Crippen LogP contribution in [0, 0.1) is 5.92 Å². The maximum atomic E-state index is 12.6. The van der Waals surface area contributed by atoms with Crippen LogP contribution in [0.3, 0.4) is 0 Å². The third kappa shape index (κ3) is 5.80. The van der Waals surface area contributed by atoms with Crippen molar-refractivity contribution in [1.29, 1.82) is 0 Å². The van der Waals surface area contributed by atoms with E-state index in [0.717, 1.165) is 70.0 Å². The Balaban J connectivity index is 1.80. The van der Waals surface area contributed by atoms with E-state index < -0.39 is 0 Å².